The number of nitrogens with one attached hydrogen (secondary N) is 1. The van der Waals surface area contributed by atoms with Crippen LogP contribution in [0.1, 0.15) is 101 Å². The summed E-state index contributed by atoms with van der Waals surface area (Å²) in [6.07, 6.45) is 7.12. The van der Waals surface area contributed by atoms with Crippen LogP contribution in [0.4, 0.5) is 0 Å². The largest absolute Gasteiger partial charge is 0.478 e. The molecule has 4 nitrogen and oxygen atoms in total. The van der Waals surface area contributed by atoms with Crippen LogP contribution in [0.25, 0.3) is 0 Å². The zero-order valence-corrected chi connectivity index (χ0v) is 19.2. The molecule has 0 spiro atoms. The number of benzene rings is 1. The molecular weight excluding hydrogens is 374 g/mol. The van der Waals surface area contributed by atoms with Crippen molar-refractivity contribution in [3.8, 4) is 0 Å². The Bertz CT molecular complexity index is 870. The van der Waals surface area contributed by atoms with Gasteiger partial charge in [0.2, 0.25) is 5.91 Å². The fraction of sp³-hybridized carbons (Fsp3) is 0.692. The number of hydrogen-bond acceptors (Lipinski definition) is 2. The second-order valence-electron chi connectivity index (χ2n) is 11.7. The van der Waals surface area contributed by atoms with E-state index >= 15 is 0 Å². The number of carboxylic acids is 1. The number of aromatic carboxylic acids is 1. The van der Waals surface area contributed by atoms with Crippen LogP contribution in [0.5, 0.6) is 0 Å². The van der Waals surface area contributed by atoms with Gasteiger partial charge < -0.3 is 10.4 Å². The molecule has 3 aliphatic rings. The van der Waals surface area contributed by atoms with Gasteiger partial charge in [0.05, 0.1) is 5.56 Å². The monoisotopic (exact) mass is 411 g/mol. The summed E-state index contributed by atoms with van der Waals surface area (Å²) >= 11 is 0. The predicted octanol–water partition coefficient (Wildman–Crippen LogP) is 5.55. The van der Waals surface area contributed by atoms with E-state index in [1.54, 1.807) is 6.07 Å². The Morgan fingerprint density at radius 1 is 1.10 bits per heavy atom. The Kier molecular flexibility index (Phi) is 5.06. The smallest absolute Gasteiger partial charge is 0.335 e. The van der Waals surface area contributed by atoms with Gasteiger partial charge in [-0.05, 0) is 89.9 Å². The Balaban J connectivity index is 1.58. The van der Waals surface area contributed by atoms with Gasteiger partial charge in [0.15, 0.2) is 0 Å². The van der Waals surface area contributed by atoms with Crippen LogP contribution in [0.15, 0.2) is 18.2 Å². The third-order valence-electron chi connectivity index (χ3n) is 8.85. The van der Waals surface area contributed by atoms with E-state index in [9.17, 15) is 14.7 Å². The molecule has 0 unspecified atom stereocenters. The van der Waals surface area contributed by atoms with E-state index in [1.165, 1.54) is 11.1 Å². The van der Waals surface area contributed by atoms with Crippen molar-refractivity contribution in [2.24, 2.45) is 22.2 Å². The number of carbonyl (C=O) groups excluding carboxylic acids is 1. The fourth-order valence-electron chi connectivity index (χ4n) is 7.09. The molecule has 0 radical (unpaired) electrons. The maximum absolute atomic E-state index is 12.7. The molecule has 4 rings (SSSR count). The number of fused-ring (bicyclic) bond motifs is 5. The highest BCUT2D eigenvalue weighted by atomic mass is 16.4. The van der Waals surface area contributed by atoms with Crippen molar-refractivity contribution < 1.29 is 14.7 Å². The maximum atomic E-state index is 12.7. The summed E-state index contributed by atoms with van der Waals surface area (Å²) in [7, 11) is 0. The first-order valence-corrected chi connectivity index (χ1v) is 11.6. The topological polar surface area (TPSA) is 66.4 Å². The molecule has 0 aliphatic heterocycles. The highest BCUT2D eigenvalue weighted by molar-refractivity contribution is 5.88. The van der Waals surface area contributed by atoms with Crippen LogP contribution in [0, 0.1) is 22.2 Å². The molecule has 1 aromatic carbocycles. The summed E-state index contributed by atoms with van der Waals surface area (Å²) in [5, 5.41) is 12.8. The number of rotatable bonds is 3. The van der Waals surface area contributed by atoms with E-state index in [2.05, 4.69) is 46.0 Å². The zero-order chi connectivity index (χ0) is 21.9. The normalized spacial score (nSPS) is 35.2. The first-order valence-electron chi connectivity index (χ1n) is 11.6. The molecule has 0 bridgehead atoms. The summed E-state index contributed by atoms with van der Waals surface area (Å²) in [4.78, 5) is 24.1. The lowest BCUT2D eigenvalue weighted by Crippen LogP contribution is -2.55. The number of aryl methyl sites for hydroxylation is 1. The molecule has 5 atom stereocenters. The van der Waals surface area contributed by atoms with Gasteiger partial charge >= 0.3 is 5.97 Å². The van der Waals surface area contributed by atoms with Crippen LogP contribution in [-0.2, 0) is 11.2 Å². The first-order chi connectivity index (χ1) is 13.9. The van der Waals surface area contributed by atoms with Gasteiger partial charge in [-0.15, -0.1) is 0 Å². The minimum atomic E-state index is -0.840. The van der Waals surface area contributed by atoms with Crippen LogP contribution in [-0.4, -0.2) is 23.0 Å². The molecule has 2 fully saturated rings. The predicted molar refractivity (Wildman–Crippen MR) is 119 cm³/mol. The highest BCUT2D eigenvalue weighted by Gasteiger charge is 2.62. The van der Waals surface area contributed by atoms with E-state index in [1.807, 2.05) is 6.07 Å². The van der Waals surface area contributed by atoms with E-state index in [0.29, 0.717) is 23.8 Å². The molecule has 0 heterocycles. The molecule has 2 saturated carbocycles. The van der Waals surface area contributed by atoms with E-state index in [-0.39, 0.29) is 28.2 Å². The van der Waals surface area contributed by atoms with Gasteiger partial charge in [-0.3, -0.25) is 4.79 Å². The average molecular weight is 412 g/mol. The Labute approximate surface area is 180 Å². The molecule has 30 heavy (non-hydrogen) atoms. The van der Waals surface area contributed by atoms with Crippen molar-refractivity contribution in [2.45, 2.75) is 91.5 Å². The number of hydrogen-bond donors (Lipinski definition) is 2. The molecule has 164 valence electrons. The van der Waals surface area contributed by atoms with Crippen molar-refractivity contribution in [1.29, 1.82) is 0 Å². The van der Waals surface area contributed by atoms with Crippen molar-refractivity contribution >= 4 is 11.9 Å². The summed E-state index contributed by atoms with van der Waals surface area (Å²) in [5.41, 5.74) is 3.35. The number of carbonyl (C=O) groups is 2. The maximum Gasteiger partial charge on any atom is 0.335 e. The minimum absolute atomic E-state index is 0.00639. The highest BCUT2D eigenvalue weighted by Crippen LogP contribution is 2.67. The van der Waals surface area contributed by atoms with Crippen molar-refractivity contribution in [1.82, 2.24) is 5.32 Å². The van der Waals surface area contributed by atoms with Crippen molar-refractivity contribution in [3.05, 3.63) is 34.9 Å². The van der Waals surface area contributed by atoms with E-state index in [0.717, 1.165) is 38.5 Å². The van der Waals surface area contributed by atoms with Gasteiger partial charge in [0.25, 0.3) is 0 Å². The summed E-state index contributed by atoms with van der Waals surface area (Å²) in [6, 6.07) is 6.02. The van der Waals surface area contributed by atoms with E-state index < -0.39 is 5.97 Å². The Morgan fingerprint density at radius 3 is 2.47 bits per heavy atom. The summed E-state index contributed by atoms with van der Waals surface area (Å²) < 4.78 is 0. The second kappa shape index (κ2) is 7.10. The van der Waals surface area contributed by atoms with Gasteiger partial charge in [0, 0.05) is 12.5 Å². The average Bonchev–Trinajstić information content (AvgIpc) is 2.91. The van der Waals surface area contributed by atoms with Gasteiger partial charge in [-0.2, -0.15) is 0 Å². The third-order valence-corrected chi connectivity index (χ3v) is 8.85. The molecule has 1 aromatic rings. The van der Waals surface area contributed by atoms with Crippen molar-refractivity contribution in [2.75, 3.05) is 0 Å². The van der Waals surface area contributed by atoms with Crippen LogP contribution < -0.4 is 5.32 Å². The molecule has 3 aliphatic carbocycles. The van der Waals surface area contributed by atoms with Gasteiger partial charge in [-0.25, -0.2) is 4.79 Å². The zero-order valence-electron chi connectivity index (χ0n) is 19.2. The minimum Gasteiger partial charge on any atom is -0.478 e. The molecule has 2 N–H and O–H groups in total. The number of carboxylic acid groups (broad SMARTS) is 1. The quantitative estimate of drug-likeness (QED) is 0.685. The van der Waals surface area contributed by atoms with Gasteiger partial charge in [0.1, 0.15) is 0 Å². The van der Waals surface area contributed by atoms with Crippen LogP contribution in [0.2, 0.25) is 0 Å². The van der Waals surface area contributed by atoms with E-state index in [4.69, 9.17) is 0 Å². The molecule has 0 saturated heterocycles. The standard InChI is InChI=1S/C26H37NO3/c1-24(2,3)15-22(28)27-21-11-13-25(4)20-9-7-16-14-17(23(29)30)6-8-18(16)19(20)10-12-26(21,25)5/h6,8,14,19-21H,7,9-13,15H2,1-5H3,(H,27,28)(H,29,30)/t19-,20-,21+,25+,26-/m1/s1. The lowest BCUT2D eigenvalue weighted by atomic mass is 9.48. The fourth-order valence-corrected chi connectivity index (χ4v) is 7.09. The SMILES string of the molecule is CC(C)(C)CC(=O)N[C@H]1CC[C@@]2(C)[C@@H]3CCc4cc(C(=O)O)ccc4[C@H]3CC[C@]12C. The summed E-state index contributed by atoms with van der Waals surface area (Å²) in [5.74, 6) is 0.464. The molecule has 1 amide bonds. The third kappa shape index (κ3) is 3.36. The molecule has 4 heteroatoms. The second-order valence-corrected chi connectivity index (χ2v) is 11.7. The lowest BCUT2D eigenvalue weighted by Gasteiger charge is -2.57. The Morgan fingerprint density at radius 2 is 1.80 bits per heavy atom. The van der Waals surface area contributed by atoms with Gasteiger partial charge in [-0.1, -0.05) is 40.7 Å². The summed E-state index contributed by atoms with van der Waals surface area (Å²) in [6.45, 7) is 11.2. The molecular formula is C26H37NO3. The first kappa shape index (κ1) is 21.4. The Hall–Kier alpha value is -1.84. The number of amides is 1. The van der Waals surface area contributed by atoms with Crippen LogP contribution in [0.3, 0.4) is 0 Å². The van der Waals surface area contributed by atoms with Crippen LogP contribution >= 0.6 is 0 Å². The molecule has 0 aromatic heterocycles. The van der Waals surface area contributed by atoms with Crippen molar-refractivity contribution in [3.63, 3.8) is 0 Å². The lowest BCUT2D eigenvalue weighted by molar-refractivity contribution is -0.125.